The van der Waals surface area contributed by atoms with Gasteiger partial charge in [-0.25, -0.2) is 0 Å². The van der Waals surface area contributed by atoms with E-state index < -0.39 is 5.97 Å². The minimum atomic E-state index is -0.855. The van der Waals surface area contributed by atoms with Crippen molar-refractivity contribution in [3.05, 3.63) is 21.7 Å². The molecule has 76 valence electrons. The van der Waals surface area contributed by atoms with E-state index in [9.17, 15) is 9.59 Å². The molecule has 1 aromatic rings. The van der Waals surface area contributed by atoms with Crippen LogP contribution in [0.15, 0.2) is 9.32 Å². The van der Waals surface area contributed by atoms with E-state index in [1.165, 1.54) is 0 Å². The molecule has 2 N–H and O–H groups in total. The second-order valence-electron chi connectivity index (χ2n) is 3.56. The second kappa shape index (κ2) is 3.32. The van der Waals surface area contributed by atoms with Crippen LogP contribution in [-0.2, 0) is 11.2 Å². The van der Waals surface area contributed by atoms with Gasteiger partial charge >= 0.3 is 5.97 Å². The van der Waals surface area contributed by atoms with Gasteiger partial charge in [-0.1, -0.05) is 0 Å². The molecule has 1 heterocycles. The second-order valence-corrected chi connectivity index (χ2v) is 3.56. The molecule has 5 heteroatoms. The summed E-state index contributed by atoms with van der Waals surface area (Å²) in [7, 11) is 0. The molecule has 1 aromatic heterocycles. The van der Waals surface area contributed by atoms with Crippen LogP contribution in [0.1, 0.15) is 36.5 Å². The van der Waals surface area contributed by atoms with Gasteiger partial charge in [-0.3, -0.25) is 9.59 Å². The number of H-pyrrole nitrogens is 1. The molecule has 0 spiro atoms. The Bertz CT molecular complexity index is 403. The first kappa shape index (κ1) is 9.05. The topological polar surface area (TPSA) is 83.3 Å². The van der Waals surface area contributed by atoms with Crippen molar-refractivity contribution in [1.29, 1.82) is 0 Å². The van der Waals surface area contributed by atoms with Crippen molar-refractivity contribution in [3.8, 4) is 0 Å². The van der Waals surface area contributed by atoms with Gasteiger partial charge in [0.25, 0.3) is 5.56 Å². The number of aromatic nitrogens is 1. The maximum absolute atomic E-state index is 11.2. The molecular weight excluding hydrogens is 186 g/mol. The van der Waals surface area contributed by atoms with Gasteiger partial charge < -0.3 is 9.63 Å². The zero-order valence-corrected chi connectivity index (χ0v) is 7.58. The molecule has 2 rings (SSSR count). The van der Waals surface area contributed by atoms with Crippen LogP contribution in [-0.4, -0.2) is 16.2 Å². The lowest BCUT2D eigenvalue weighted by Crippen LogP contribution is -2.16. The number of nitrogens with one attached hydrogen (secondary N) is 1. The predicted molar refractivity (Wildman–Crippen MR) is 47.3 cm³/mol. The fourth-order valence-electron chi connectivity index (χ4n) is 1.96. The Kier molecular flexibility index (Phi) is 2.15. The maximum atomic E-state index is 11.2. The van der Waals surface area contributed by atoms with Gasteiger partial charge in [0.2, 0.25) is 0 Å². The standard InChI is InChI=1S/C9H11NO4/c11-7(12)4-5-2-1-3-6-8(5)14-10-9(6)13/h5H,1-4H2,(H,10,13)(H,11,12). The van der Waals surface area contributed by atoms with Crippen LogP contribution in [0.3, 0.4) is 0 Å². The highest BCUT2D eigenvalue weighted by atomic mass is 16.5. The zero-order chi connectivity index (χ0) is 10.1. The summed E-state index contributed by atoms with van der Waals surface area (Å²) >= 11 is 0. The van der Waals surface area contributed by atoms with E-state index in [0.29, 0.717) is 17.7 Å². The third-order valence-electron chi connectivity index (χ3n) is 2.60. The molecule has 0 saturated heterocycles. The van der Waals surface area contributed by atoms with Crippen LogP contribution in [0.25, 0.3) is 0 Å². The number of hydrogen-bond donors (Lipinski definition) is 2. The molecule has 0 aromatic carbocycles. The summed E-state index contributed by atoms with van der Waals surface area (Å²) in [4.78, 5) is 21.8. The van der Waals surface area contributed by atoms with E-state index in [1.807, 2.05) is 0 Å². The van der Waals surface area contributed by atoms with Crippen molar-refractivity contribution in [2.75, 3.05) is 0 Å². The van der Waals surface area contributed by atoms with E-state index in [-0.39, 0.29) is 17.9 Å². The fraction of sp³-hybridized carbons (Fsp3) is 0.556. The lowest BCUT2D eigenvalue weighted by Gasteiger charge is -2.17. The van der Waals surface area contributed by atoms with E-state index in [2.05, 4.69) is 5.16 Å². The van der Waals surface area contributed by atoms with Gasteiger partial charge in [0.15, 0.2) is 0 Å². The molecule has 0 bridgehead atoms. The molecule has 1 unspecified atom stereocenters. The van der Waals surface area contributed by atoms with Crippen LogP contribution >= 0.6 is 0 Å². The molecule has 1 aliphatic rings. The van der Waals surface area contributed by atoms with E-state index in [1.54, 1.807) is 0 Å². The van der Waals surface area contributed by atoms with Crippen LogP contribution in [0.4, 0.5) is 0 Å². The van der Waals surface area contributed by atoms with Gasteiger partial charge in [0.05, 0.1) is 12.0 Å². The molecule has 1 atom stereocenters. The van der Waals surface area contributed by atoms with Crippen LogP contribution in [0.2, 0.25) is 0 Å². The van der Waals surface area contributed by atoms with Crippen LogP contribution in [0.5, 0.6) is 0 Å². The Morgan fingerprint density at radius 3 is 3.14 bits per heavy atom. The monoisotopic (exact) mass is 197 g/mol. The zero-order valence-electron chi connectivity index (χ0n) is 7.58. The van der Waals surface area contributed by atoms with Crippen LogP contribution < -0.4 is 5.56 Å². The number of hydrogen-bond acceptors (Lipinski definition) is 3. The smallest absolute Gasteiger partial charge is 0.304 e. The number of fused-ring (bicyclic) bond motifs is 1. The van der Waals surface area contributed by atoms with Crippen molar-refractivity contribution in [2.24, 2.45) is 0 Å². The van der Waals surface area contributed by atoms with Crippen molar-refractivity contribution in [3.63, 3.8) is 0 Å². The summed E-state index contributed by atoms with van der Waals surface area (Å²) in [6.07, 6.45) is 2.36. The molecule has 0 aliphatic heterocycles. The summed E-state index contributed by atoms with van der Waals surface area (Å²) in [6, 6.07) is 0. The lowest BCUT2D eigenvalue weighted by molar-refractivity contribution is -0.137. The highest BCUT2D eigenvalue weighted by Gasteiger charge is 2.28. The minimum Gasteiger partial charge on any atom is -0.481 e. The summed E-state index contributed by atoms with van der Waals surface area (Å²) < 4.78 is 5.00. The maximum Gasteiger partial charge on any atom is 0.304 e. The van der Waals surface area contributed by atoms with Crippen molar-refractivity contribution in [2.45, 2.75) is 31.6 Å². The average molecular weight is 197 g/mol. The Morgan fingerprint density at radius 1 is 1.64 bits per heavy atom. The number of aromatic amines is 1. The SMILES string of the molecule is O=C(O)CC1CCCc2c1o[nH]c2=O. The summed E-state index contributed by atoms with van der Waals surface area (Å²) in [5, 5.41) is 10.9. The highest BCUT2D eigenvalue weighted by Crippen LogP contribution is 2.31. The molecule has 0 saturated carbocycles. The first-order chi connectivity index (χ1) is 6.68. The normalized spacial score (nSPS) is 20.4. The van der Waals surface area contributed by atoms with E-state index in [4.69, 9.17) is 9.63 Å². The number of carbonyl (C=O) groups is 1. The number of carboxylic acids is 1. The Labute approximate surface area is 79.7 Å². The minimum absolute atomic E-state index is 0.0355. The van der Waals surface area contributed by atoms with Crippen molar-refractivity contribution >= 4 is 5.97 Å². The summed E-state index contributed by atoms with van der Waals surface area (Å²) in [5.41, 5.74) is 0.414. The third kappa shape index (κ3) is 1.45. The van der Waals surface area contributed by atoms with E-state index >= 15 is 0 Å². The van der Waals surface area contributed by atoms with Gasteiger partial charge in [0.1, 0.15) is 5.76 Å². The summed E-state index contributed by atoms with van der Waals surface area (Å²) in [5.74, 6) is -0.453. The predicted octanol–water partition coefficient (Wildman–Crippen LogP) is 0.863. The quantitative estimate of drug-likeness (QED) is 0.736. The number of rotatable bonds is 2. The number of carboxylic acid groups (broad SMARTS) is 1. The summed E-state index contributed by atoms with van der Waals surface area (Å²) in [6.45, 7) is 0. The molecule has 0 radical (unpaired) electrons. The first-order valence-corrected chi connectivity index (χ1v) is 4.60. The third-order valence-corrected chi connectivity index (χ3v) is 2.60. The van der Waals surface area contributed by atoms with Crippen molar-refractivity contribution in [1.82, 2.24) is 5.16 Å². The van der Waals surface area contributed by atoms with Gasteiger partial charge in [-0.15, -0.1) is 0 Å². The molecule has 5 nitrogen and oxygen atoms in total. The van der Waals surface area contributed by atoms with E-state index in [0.717, 1.165) is 12.8 Å². The van der Waals surface area contributed by atoms with Gasteiger partial charge in [0, 0.05) is 5.92 Å². The van der Waals surface area contributed by atoms with Gasteiger partial charge in [-0.2, -0.15) is 5.16 Å². The van der Waals surface area contributed by atoms with Crippen molar-refractivity contribution < 1.29 is 14.4 Å². The average Bonchev–Trinajstić information content (AvgIpc) is 2.49. The molecule has 1 aliphatic carbocycles. The molecular formula is C9H11NO4. The lowest BCUT2D eigenvalue weighted by atomic mass is 9.86. The molecule has 0 amide bonds. The molecule has 0 fully saturated rings. The Balaban J connectivity index is 2.31. The highest BCUT2D eigenvalue weighted by molar-refractivity contribution is 5.68. The largest absolute Gasteiger partial charge is 0.481 e. The number of aliphatic carboxylic acids is 1. The molecule has 14 heavy (non-hydrogen) atoms. The van der Waals surface area contributed by atoms with Crippen LogP contribution in [0, 0.1) is 0 Å². The van der Waals surface area contributed by atoms with Gasteiger partial charge in [-0.05, 0) is 19.3 Å². The Hall–Kier alpha value is -1.52. The fourth-order valence-corrected chi connectivity index (χ4v) is 1.96. The Morgan fingerprint density at radius 2 is 2.43 bits per heavy atom. The first-order valence-electron chi connectivity index (χ1n) is 4.60.